The van der Waals surface area contributed by atoms with E-state index < -0.39 is 21.4 Å². The molecule has 0 spiro atoms. The number of amides is 1. The first-order chi connectivity index (χ1) is 13.1. The Morgan fingerprint density at radius 3 is 2.21 bits per heavy atom. The lowest BCUT2D eigenvalue weighted by atomic mass is 10.1. The molecule has 0 aliphatic heterocycles. The smallest absolute Gasteiger partial charge is 0.255 e. The molecule has 152 valence electrons. The summed E-state index contributed by atoms with van der Waals surface area (Å²) in [5, 5.41) is 2.72. The highest BCUT2D eigenvalue weighted by Crippen LogP contribution is 2.25. The minimum Gasteiger partial charge on any atom is -0.493 e. The fraction of sp³-hybridized carbons (Fsp3) is 0.350. The van der Waals surface area contributed by atoms with Gasteiger partial charge in [-0.05, 0) is 58.0 Å². The number of nitrogens with one attached hydrogen (secondary N) is 2. The standard InChI is InChI=1S/C20H25FN2O4S/c1-5-27-18-12-17(11-8-15(18)13-21)22-19(24)14-6-9-16(10-7-14)23-28(25,26)20(2,3)4/h6-12,23H,5,13H2,1-4H3,(H,22,24). The van der Waals surface area contributed by atoms with Crippen LogP contribution in [0.2, 0.25) is 0 Å². The lowest BCUT2D eigenvalue weighted by Crippen LogP contribution is -2.33. The fourth-order valence-electron chi connectivity index (χ4n) is 2.23. The van der Waals surface area contributed by atoms with E-state index in [4.69, 9.17) is 4.74 Å². The molecule has 2 N–H and O–H groups in total. The second kappa shape index (κ2) is 8.60. The van der Waals surface area contributed by atoms with Crippen LogP contribution in [0.25, 0.3) is 0 Å². The predicted octanol–water partition coefficient (Wildman–Crippen LogP) is 4.35. The van der Waals surface area contributed by atoms with E-state index in [0.717, 1.165) is 0 Å². The van der Waals surface area contributed by atoms with Gasteiger partial charge >= 0.3 is 0 Å². The number of hydrogen-bond donors (Lipinski definition) is 2. The number of carbonyl (C=O) groups is 1. The first kappa shape index (κ1) is 21.7. The summed E-state index contributed by atoms with van der Waals surface area (Å²) in [5.74, 6) is 0.00964. The van der Waals surface area contributed by atoms with Crippen molar-refractivity contribution >= 4 is 27.3 Å². The maximum absolute atomic E-state index is 13.0. The lowest BCUT2D eigenvalue weighted by molar-refractivity contribution is 0.102. The van der Waals surface area contributed by atoms with Crippen molar-refractivity contribution in [2.24, 2.45) is 0 Å². The summed E-state index contributed by atoms with van der Waals surface area (Å²) in [6.45, 7) is 6.32. The van der Waals surface area contributed by atoms with Crippen LogP contribution in [0.1, 0.15) is 43.6 Å². The van der Waals surface area contributed by atoms with Crippen LogP contribution in [0.15, 0.2) is 42.5 Å². The molecule has 0 unspecified atom stereocenters. The minimum atomic E-state index is -3.54. The molecule has 0 aromatic heterocycles. The third kappa shape index (κ3) is 5.22. The maximum atomic E-state index is 13.0. The molecule has 0 bridgehead atoms. The third-order valence-corrected chi connectivity index (χ3v) is 6.09. The van der Waals surface area contributed by atoms with Crippen molar-refractivity contribution in [3.05, 3.63) is 53.6 Å². The van der Waals surface area contributed by atoms with Gasteiger partial charge in [-0.15, -0.1) is 0 Å². The molecule has 6 nitrogen and oxygen atoms in total. The average molecular weight is 408 g/mol. The number of halogens is 1. The summed E-state index contributed by atoms with van der Waals surface area (Å²) in [4.78, 5) is 12.4. The highest BCUT2D eigenvalue weighted by molar-refractivity contribution is 7.94. The molecule has 0 heterocycles. The summed E-state index contributed by atoms with van der Waals surface area (Å²) in [6, 6.07) is 10.8. The topological polar surface area (TPSA) is 84.5 Å². The molecule has 2 rings (SSSR count). The lowest BCUT2D eigenvalue weighted by Gasteiger charge is -2.20. The zero-order chi connectivity index (χ0) is 20.9. The number of carbonyl (C=O) groups excluding carboxylic acids is 1. The first-order valence-electron chi connectivity index (χ1n) is 8.83. The van der Waals surface area contributed by atoms with Crippen LogP contribution < -0.4 is 14.8 Å². The van der Waals surface area contributed by atoms with E-state index in [-0.39, 0.29) is 5.91 Å². The zero-order valence-electron chi connectivity index (χ0n) is 16.4. The van der Waals surface area contributed by atoms with Crippen molar-refractivity contribution < 1.29 is 22.3 Å². The second-order valence-electron chi connectivity index (χ2n) is 7.14. The molecule has 8 heteroatoms. The summed E-state index contributed by atoms with van der Waals surface area (Å²) in [6.07, 6.45) is 0. The number of anilines is 2. The minimum absolute atomic E-state index is 0.353. The van der Waals surface area contributed by atoms with Crippen LogP contribution in [0.4, 0.5) is 15.8 Å². The number of benzene rings is 2. The molecule has 0 fully saturated rings. The Hall–Kier alpha value is -2.61. The van der Waals surface area contributed by atoms with Gasteiger partial charge in [0.1, 0.15) is 12.4 Å². The Morgan fingerprint density at radius 1 is 1.07 bits per heavy atom. The van der Waals surface area contributed by atoms with Crippen LogP contribution in [0, 0.1) is 0 Å². The van der Waals surface area contributed by atoms with Crippen molar-refractivity contribution in [2.45, 2.75) is 39.1 Å². The van der Waals surface area contributed by atoms with Gasteiger partial charge in [-0.3, -0.25) is 9.52 Å². The van der Waals surface area contributed by atoms with E-state index in [1.807, 2.05) is 0 Å². The van der Waals surface area contributed by atoms with Crippen LogP contribution in [-0.4, -0.2) is 25.7 Å². The van der Waals surface area contributed by atoms with Crippen LogP contribution in [-0.2, 0) is 16.7 Å². The molecule has 0 atom stereocenters. The molecule has 28 heavy (non-hydrogen) atoms. The largest absolute Gasteiger partial charge is 0.493 e. The maximum Gasteiger partial charge on any atom is 0.255 e. The highest BCUT2D eigenvalue weighted by atomic mass is 32.2. The van der Waals surface area contributed by atoms with E-state index in [9.17, 15) is 17.6 Å². The monoisotopic (exact) mass is 408 g/mol. The molecule has 0 radical (unpaired) electrons. The Morgan fingerprint density at radius 2 is 1.68 bits per heavy atom. The van der Waals surface area contributed by atoms with Crippen LogP contribution in [0.3, 0.4) is 0 Å². The number of ether oxygens (including phenoxy) is 1. The van der Waals surface area contributed by atoms with E-state index in [1.54, 1.807) is 45.9 Å². The molecule has 0 saturated carbocycles. The number of hydrogen-bond acceptors (Lipinski definition) is 4. The highest BCUT2D eigenvalue weighted by Gasteiger charge is 2.28. The SMILES string of the molecule is CCOc1cc(NC(=O)c2ccc(NS(=O)(=O)C(C)(C)C)cc2)ccc1CF. The summed E-state index contributed by atoms with van der Waals surface area (Å²) < 4.78 is 44.3. The van der Waals surface area contributed by atoms with Crippen molar-refractivity contribution in [2.75, 3.05) is 16.6 Å². The van der Waals surface area contributed by atoms with Gasteiger partial charge in [-0.1, -0.05) is 6.07 Å². The predicted molar refractivity (Wildman–Crippen MR) is 109 cm³/mol. The van der Waals surface area contributed by atoms with Gasteiger partial charge in [0.2, 0.25) is 10.0 Å². The Balaban J connectivity index is 2.12. The van der Waals surface area contributed by atoms with Crippen LogP contribution >= 0.6 is 0 Å². The van der Waals surface area contributed by atoms with Gasteiger partial charge in [0, 0.05) is 28.6 Å². The number of alkyl halides is 1. The van der Waals surface area contributed by atoms with Crippen LogP contribution in [0.5, 0.6) is 5.75 Å². The van der Waals surface area contributed by atoms with E-state index >= 15 is 0 Å². The van der Waals surface area contributed by atoms with E-state index in [0.29, 0.717) is 34.9 Å². The Bertz CT molecular complexity index is 936. The van der Waals surface area contributed by atoms with E-state index in [2.05, 4.69) is 10.0 Å². The van der Waals surface area contributed by atoms with Gasteiger partial charge in [0.05, 0.1) is 11.4 Å². The zero-order valence-corrected chi connectivity index (χ0v) is 17.2. The molecule has 1 amide bonds. The Kier molecular flexibility index (Phi) is 6.66. The second-order valence-corrected chi connectivity index (χ2v) is 9.57. The first-order valence-corrected chi connectivity index (χ1v) is 10.3. The molecule has 2 aromatic carbocycles. The average Bonchev–Trinajstić information content (AvgIpc) is 2.61. The number of rotatable bonds is 7. The normalized spacial score (nSPS) is 11.8. The van der Waals surface area contributed by atoms with Crippen molar-refractivity contribution in [1.29, 1.82) is 0 Å². The Labute approximate surface area is 165 Å². The summed E-state index contributed by atoms with van der Waals surface area (Å²) >= 11 is 0. The van der Waals surface area contributed by atoms with Gasteiger partial charge in [0.25, 0.3) is 5.91 Å². The van der Waals surface area contributed by atoms with Crippen molar-refractivity contribution in [3.8, 4) is 5.75 Å². The fourth-order valence-corrected chi connectivity index (χ4v) is 2.99. The summed E-state index contributed by atoms with van der Waals surface area (Å²) in [7, 11) is -3.54. The van der Waals surface area contributed by atoms with Gasteiger partial charge in [-0.25, -0.2) is 12.8 Å². The molecule has 0 saturated heterocycles. The summed E-state index contributed by atoms with van der Waals surface area (Å²) in [5.41, 5.74) is 1.61. The number of sulfonamides is 1. The molecule has 0 aliphatic rings. The molecular formula is C20H25FN2O4S. The van der Waals surface area contributed by atoms with Gasteiger partial charge in [0.15, 0.2) is 0 Å². The molecule has 0 aliphatic carbocycles. The third-order valence-electron chi connectivity index (χ3n) is 3.97. The molecule has 2 aromatic rings. The van der Waals surface area contributed by atoms with Crippen molar-refractivity contribution in [1.82, 2.24) is 0 Å². The van der Waals surface area contributed by atoms with Gasteiger partial charge in [-0.2, -0.15) is 0 Å². The van der Waals surface area contributed by atoms with Crippen molar-refractivity contribution in [3.63, 3.8) is 0 Å². The van der Waals surface area contributed by atoms with Gasteiger partial charge < -0.3 is 10.1 Å². The van der Waals surface area contributed by atoms with E-state index in [1.165, 1.54) is 24.3 Å². The molecular weight excluding hydrogens is 383 g/mol. The quantitative estimate of drug-likeness (QED) is 0.713.